The third kappa shape index (κ3) is 4.71. The van der Waals surface area contributed by atoms with E-state index in [9.17, 15) is 9.59 Å². The lowest BCUT2D eigenvalue weighted by atomic mass is 10.0. The Morgan fingerprint density at radius 3 is 2.68 bits per heavy atom. The minimum atomic E-state index is -0.608. The van der Waals surface area contributed by atoms with Crippen molar-refractivity contribution in [2.75, 3.05) is 13.7 Å². The van der Waals surface area contributed by atoms with Gasteiger partial charge in [0.2, 0.25) is 5.91 Å². The van der Waals surface area contributed by atoms with Crippen molar-refractivity contribution in [2.45, 2.75) is 39.8 Å². The van der Waals surface area contributed by atoms with Crippen LogP contribution in [-0.2, 0) is 16.1 Å². The van der Waals surface area contributed by atoms with Crippen molar-refractivity contribution >= 4 is 23.0 Å². The van der Waals surface area contributed by atoms with Crippen LogP contribution in [0.5, 0.6) is 0 Å². The Morgan fingerprint density at radius 2 is 2.00 bits per heavy atom. The molecular formula is C18H26N4O3. The molecular weight excluding hydrogens is 320 g/mol. The van der Waals surface area contributed by atoms with Crippen LogP contribution < -0.4 is 10.6 Å². The van der Waals surface area contributed by atoms with Gasteiger partial charge >= 0.3 is 6.09 Å². The molecule has 1 aromatic heterocycles. The summed E-state index contributed by atoms with van der Waals surface area (Å²) in [6.07, 6.45) is 0.171. The molecule has 0 aliphatic carbocycles. The lowest BCUT2D eigenvalue weighted by Gasteiger charge is -2.21. The Kier molecular flexibility index (Phi) is 6.38. The van der Waals surface area contributed by atoms with Crippen LogP contribution in [0.1, 0.15) is 26.1 Å². The molecule has 0 aliphatic rings. The molecule has 1 heterocycles. The van der Waals surface area contributed by atoms with Gasteiger partial charge in [0.25, 0.3) is 0 Å². The summed E-state index contributed by atoms with van der Waals surface area (Å²) in [5.74, 6) is 0.728. The molecule has 25 heavy (non-hydrogen) atoms. The molecule has 1 unspecified atom stereocenters. The van der Waals surface area contributed by atoms with Crippen molar-refractivity contribution in [1.82, 2.24) is 20.2 Å². The Balaban J connectivity index is 1.88. The molecule has 0 radical (unpaired) electrons. The van der Waals surface area contributed by atoms with E-state index in [0.29, 0.717) is 6.54 Å². The summed E-state index contributed by atoms with van der Waals surface area (Å²) < 4.78 is 6.72. The van der Waals surface area contributed by atoms with Gasteiger partial charge in [0.05, 0.1) is 18.1 Å². The summed E-state index contributed by atoms with van der Waals surface area (Å²) in [7, 11) is 1.28. The van der Waals surface area contributed by atoms with Gasteiger partial charge in [-0.1, -0.05) is 26.0 Å². The van der Waals surface area contributed by atoms with Crippen LogP contribution in [0.3, 0.4) is 0 Å². The van der Waals surface area contributed by atoms with Crippen LogP contribution in [0.4, 0.5) is 4.79 Å². The van der Waals surface area contributed by atoms with Gasteiger partial charge < -0.3 is 19.9 Å². The highest BCUT2D eigenvalue weighted by Gasteiger charge is 2.24. The molecule has 2 N–H and O–H groups in total. The monoisotopic (exact) mass is 346 g/mol. The lowest BCUT2D eigenvalue weighted by molar-refractivity contribution is -0.124. The quantitative estimate of drug-likeness (QED) is 0.753. The van der Waals surface area contributed by atoms with Gasteiger partial charge in [0.15, 0.2) is 0 Å². The fraction of sp³-hybridized carbons (Fsp3) is 0.500. The van der Waals surface area contributed by atoms with Crippen LogP contribution in [0, 0.1) is 12.8 Å². The average molecular weight is 346 g/mol. The molecule has 2 amide bonds. The van der Waals surface area contributed by atoms with Crippen LogP contribution in [-0.4, -0.2) is 41.2 Å². The number of methoxy groups -OCH3 is 1. The third-order valence-electron chi connectivity index (χ3n) is 4.11. The number of alkyl carbamates (subject to hydrolysis) is 1. The molecule has 1 atom stereocenters. The first-order valence-corrected chi connectivity index (χ1v) is 8.48. The molecule has 2 aromatic rings. The Morgan fingerprint density at radius 1 is 1.28 bits per heavy atom. The molecule has 7 nitrogen and oxygen atoms in total. The summed E-state index contributed by atoms with van der Waals surface area (Å²) in [6, 6.07) is 7.39. The highest BCUT2D eigenvalue weighted by molar-refractivity contribution is 5.85. The topological polar surface area (TPSA) is 85.2 Å². The molecule has 2 rings (SSSR count). The fourth-order valence-electron chi connectivity index (χ4n) is 2.76. The van der Waals surface area contributed by atoms with E-state index in [-0.39, 0.29) is 11.8 Å². The number of imidazole rings is 1. The normalized spacial score (nSPS) is 12.2. The maximum absolute atomic E-state index is 12.3. The Bertz CT molecular complexity index is 739. The van der Waals surface area contributed by atoms with Gasteiger partial charge in [0, 0.05) is 13.1 Å². The number of aromatic nitrogens is 2. The maximum Gasteiger partial charge on any atom is 0.407 e. The molecule has 0 spiro atoms. The number of carbonyl (C=O) groups excluding carboxylic acids is 2. The molecule has 1 aromatic carbocycles. The van der Waals surface area contributed by atoms with Crippen molar-refractivity contribution in [2.24, 2.45) is 5.92 Å². The van der Waals surface area contributed by atoms with E-state index in [1.807, 2.05) is 45.0 Å². The van der Waals surface area contributed by atoms with Gasteiger partial charge in [-0.25, -0.2) is 9.78 Å². The van der Waals surface area contributed by atoms with E-state index in [2.05, 4.69) is 24.9 Å². The molecule has 0 aliphatic heterocycles. The summed E-state index contributed by atoms with van der Waals surface area (Å²) in [6.45, 7) is 7.02. The number of benzene rings is 1. The van der Waals surface area contributed by atoms with E-state index < -0.39 is 12.1 Å². The van der Waals surface area contributed by atoms with Gasteiger partial charge in [-0.3, -0.25) is 4.79 Å². The number of nitrogens with zero attached hydrogens (tertiary/aromatic N) is 2. The Labute approximate surface area is 147 Å². The molecule has 0 bridgehead atoms. The van der Waals surface area contributed by atoms with Crippen LogP contribution in [0.25, 0.3) is 11.0 Å². The first-order chi connectivity index (χ1) is 11.9. The highest BCUT2D eigenvalue weighted by Crippen LogP contribution is 2.15. The molecule has 0 saturated heterocycles. The number of aryl methyl sites for hydroxylation is 2. The van der Waals surface area contributed by atoms with Crippen LogP contribution >= 0.6 is 0 Å². The van der Waals surface area contributed by atoms with E-state index in [4.69, 9.17) is 0 Å². The van der Waals surface area contributed by atoms with Crippen molar-refractivity contribution in [1.29, 1.82) is 0 Å². The zero-order valence-electron chi connectivity index (χ0n) is 15.2. The van der Waals surface area contributed by atoms with Crippen LogP contribution in [0.2, 0.25) is 0 Å². The summed E-state index contributed by atoms with van der Waals surface area (Å²) in [5, 5.41) is 5.45. The second-order valence-corrected chi connectivity index (χ2v) is 6.30. The van der Waals surface area contributed by atoms with Crippen LogP contribution in [0.15, 0.2) is 24.3 Å². The predicted molar refractivity (Wildman–Crippen MR) is 96.3 cm³/mol. The molecule has 0 saturated carbocycles. The number of amides is 2. The number of rotatable bonds is 7. The van der Waals surface area contributed by atoms with Crippen molar-refractivity contribution < 1.29 is 14.3 Å². The number of ether oxygens (including phenoxy) is 1. The number of carbonyl (C=O) groups is 2. The van der Waals surface area contributed by atoms with E-state index >= 15 is 0 Å². The number of para-hydroxylation sites is 2. The first-order valence-electron chi connectivity index (χ1n) is 8.48. The van der Waals surface area contributed by atoms with Gasteiger partial charge in [0.1, 0.15) is 11.9 Å². The smallest absolute Gasteiger partial charge is 0.407 e. The summed E-state index contributed by atoms with van der Waals surface area (Å²) in [5.41, 5.74) is 2.07. The number of hydrogen-bond donors (Lipinski definition) is 2. The second kappa shape index (κ2) is 8.50. The largest absolute Gasteiger partial charge is 0.453 e. The number of nitrogens with one attached hydrogen (secondary N) is 2. The molecule has 7 heteroatoms. The first kappa shape index (κ1) is 18.8. The van der Waals surface area contributed by atoms with Gasteiger partial charge in [-0.2, -0.15) is 0 Å². The van der Waals surface area contributed by atoms with E-state index in [1.165, 1.54) is 7.11 Å². The predicted octanol–water partition coefficient (Wildman–Crippen LogP) is 2.23. The van der Waals surface area contributed by atoms with Gasteiger partial charge in [-0.05, 0) is 31.4 Å². The SMILES string of the molecule is COC(=O)NC(C(=O)NCCCn1c(C)nc2ccccc21)C(C)C. The minimum Gasteiger partial charge on any atom is -0.453 e. The zero-order chi connectivity index (χ0) is 18.4. The molecule has 136 valence electrons. The average Bonchev–Trinajstić information content (AvgIpc) is 2.91. The summed E-state index contributed by atoms with van der Waals surface area (Å²) in [4.78, 5) is 28.2. The van der Waals surface area contributed by atoms with Crippen molar-refractivity contribution in [3.05, 3.63) is 30.1 Å². The Hall–Kier alpha value is -2.57. The number of hydrogen-bond acceptors (Lipinski definition) is 4. The standard InChI is InChI=1S/C18H26N4O3/c1-12(2)16(21-18(24)25-4)17(23)19-10-7-11-22-13(3)20-14-8-5-6-9-15(14)22/h5-6,8-9,12,16H,7,10-11H2,1-4H3,(H,19,23)(H,21,24). The van der Waals surface area contributed by atoms with Crippen molar-refractivity contribution in [3.63, 3.8) is 0 Å². The van der Waals surface area contributed by atoms with Gasteiger partial charge in [-0.15, -0.1) is 0 Å². The fourth-order valence-corrected chi connectivity index (χ4v) is 2.76. The maximum atomic E-state index is 12.3. The van der Waals surface area contributed by atoms with E-state index in [0.717, 1.165) is 29.8 Å². The highest BCUT2D eigenvalue weighted by atomic mass is 16.5. The van der Waals surface area contributed by atoms with E-state index in [1.54, 1.807) is 0 Å². The van der Waals surface area contributed by atoms with Crippen molar-refractivity contribution in [3.8, 4) is 0 Å². The molecule has 0 fully saturated rings. The summed E-state index contributed by atoms with van der Waals surface area (Å²) >= 11 is 0. The number of fused-ring (bicyclic) bond motifs is 1. The lowest BCUT2D eigenvalue weighted by Crippen LogP contribution is -2.49. The second-order valence-electron chi connectivity index (χ2n) is 6.30. The minimum absolute atomic E-state index is 0.0288. The zero-order valence-corrected chi connectivity index (χ0v) is 15.2. The third-order valence-corrected chi connectivity index (χ3v) is 4.11.